The minimum absolute atomic E-state index is 0.292. The van der Waals surface area contributed by atoms with E-state index in [1.54, 1.807) is 18.2 Å². The predicted molar refractivity (Wildman–Crippen MR) is 62.0 cm³/mol. The van der Waals surface area contributed by atoms with E-state index in [0.29, 0.717) is 16.3 Å². The van der Waals surface area contributed by atoms with E-state index in [2.05, 4.69) is 16.0 Å². The molecule has 0 atom stereocenters. The van der Waals surface area contributed by atoms with Gasteiger partial charge in [-0.3, -0.25) is 0 Å². The maximum absolute atomic E-state index is 8.88. The zero-order valence-corrected chi connectivity index (χ0v) is 9.48. The van der Waals surface area contributed by atoms with Crippen LogP contribution < -0.4 is 0 Å². The summed E-state index contributed by atoms with van der Waals surface area (Å²) in [5, 5.41) is 18.2. The van der Waals surface area contributed by atoms with Gasteiger partial charge in [-0.05, 0) is 18.2 Å². The Morgan fingerprint density at radius 3 is 2.65 bits per heavy atom. The van der Waals surface area contributed by atoms with Gasteiger partial charge in [-0.25, -0.2) is 9.97 Å². The molecule has 1 aromatic carbocycles. The molecule has 0 bridgehead atoms. The fourth-order valence-electron chi connectivity index (χ4n) is 1.22. The third-order valence-corrected chi connectivity index (χ3v) is 2.93. The molecule has 0 N–H and O–H groups in total. The highest BCUT2D eigenvalue weighted by molar-refractivity contribution is 7.99. The fraction of sp³-hybridized carbons (Fsp3) is 0. The van der Waals surface area contributed by atoms with Gasteiger partial charge in [0.15, 0.2) is 5.69 Å². The van der Waals surface area contributed by atoms with E-state index < -0.39 is 0 Å². The van der Waals surface area contributed by atoms with Crippen LogP contribution in [0.5, 0.6) is 0 Å². The average Bonchev–Trinajstić information content (AvgIpc) is 2.39. The van der Waals surface area contributed by atoms with Crippen LogP contribution in [0.3, 0.4) is 0 Å². The van der Waals surface area contributed by atoms with Crippen LogP contribution in [0, 0.1) is 22.7 Å². The van der Waals surface area contributed by atoms with Gasteiger partial charge >= 0.3 is 0 Å². The van der Waals surface area contributed by atoms with Crippen LogP contribution in [0.2, 0.25) is 0 Å². The van der Waals surface area contributed by atoms with E-state index in [9.17, 15) is 0 Å². The highest BCUT2D eigenvalue weighted by Crippen LogP contribution is 2.27. The molecular formula is C12H6N4S. The van der Waals surface area contributed by atoms with Gasteiger partial charge in [0.2, 0.25) is 0 Å². The molecule has 80 valence electrons. The lowest BCUT2D eigenvalue weighted by Gasteiger charge is -2.01. The van der Waals surface area contributed by atoms with Crippen molar-refractivity contribution in [2.45, 2.75) is 9.92 Å². The Morgan fingerprint density at radius 2 is 1.88 bits per heavy atom. The van der Waals surface area contributed by atoms with Crippen LogP contribution in [0.4, 0.5) is 0 Å². The molecule has 2 rings (SSSR count). The monoisotopic (exact) mass is 238 g/mol. The van der Waals surface area contributed by atoms with Crippen LogP contribution in [0.25, 0.3) is 0 Å². The van der Waals surface area contributed by atoms with Gasteiger partial charge in [0.1, 0.15) is 11.1 Å². The molecule has 1 aromatic heterocycles. The van der Waals surface area contributed by atoms with E-state index in [1.165, 1.54) is 24.2 Å². The van der Waals surface area contributed by atoms with Crippen molar-refractivity contribution >= 4 is 11.8 Å². The van der Waals surface area contributed by atoms with Gasteiger partial charge < -0.3 is 0 Å². The quantitative estimate of drug-likeness (QED) is 0.803. The number of rotatable bonds is 2. The topological polar surface area (TPSA) is 73.4 Å². The van der Waals surface area contributed by atoms with Crippen molar-refractivity contribution in [2.75, 3.05) is 0 Å². The van der Waals surface area contributed by atoms with Crippen LogP contribution in [0.15, 0.2) is 46.6 Å². The lowest BCUT2D eigenvalue weighted by molar-refractivity contribution is 1.02. The summed E-state index contributed by atoms with van der Waals surface area (Å²) in [5.74, 6) is 0. The van der Waals surface area contributed by atoms with Crippen molar-refractivity contribution in [1.82, 2.24) is 9.97 Å². The third kappa shape index (κ3) is 2.60. The van der Waals surface area contributed by atoms with Crippen LogP contribution in [-0.2, 0) is 0 Å². The van der Waals surface area contributed by atoms with Crippen LogP contribution >= 0.6 is 11.8 Å². The van der Waals surface area contributed by atoms with Gasteiger partial charge in [0.25, 0.3) is 0 Å². The first-order valence-electron chi connectivity index (χ1n) is 4.72. The highest BCUT2D eigenvalue weighted by atomic mass is 32.2. The Balaban J connectivity index is 2.32. The Bertz CT molecular complexity index is 625. The van der Waals surface area contributed by atoms with Crippen molar-refractivity contribution in [1.29, 1.82) is 10.5 Å². The van der Waals surface area contributed by atoms with Crippen molar-refractivity contribution in [3.8, 4) is 12.1 Å². The number of benzene rings is 1. The summed E-state index contributed by atoms with van der Waals surface area (Å²) >= 11 is 1.32. The molecule has 0 saturated heterocycles. The Kier molecular flexibility index (Phi) is 3.34. The number of hydrogen-bond acceptors (Lipinski definition) is 5. The lowest BCUT2D eigenvalue weighted by atomic mass is 10.2. The Morgan fingerprint density at radius 1 is 1.06 bits per heavy atom. The summed E-state index contributed by atoms with van der Waals surface area (Å²) in [6, 6.07) is 11.2. The van der Waals surface area contributed by atoms with Gasteiger partial charge in [-0.2, -0.15) is 10.5 Å². The van der Waals surface area contributed by atoms with Gasteiger partial charge in [0.05, 0.1) is 11.6 Å². The van der Waals surface area contributed by atoms with E-state index in [1.807, 2.05) is 12.1 Å². The molecule has 0 aliphatic heterocycles. The standard InChI is InChI=1S/C12H6N4S/c13-7-9-2-1-3-10(6-9)17-12-11(8-14)15-4-5-16-12/h1-6H. The minimum atomic E-state index is 0.292. The fourth-order valence-corrected chi connectivity index (χ4v) is 2.08. The average molecular weight is 238 g/mol. The second-order valence-corrected chi connectivity index (χ2v) is 4.13. The Hall–Kier alpha value is -2.37. The maximum Gasteiger partial charge on any atom is 0.173 e. The van der Waals surface area contributed by atoms with E-state index in [-0.39, 0.29) is 0 Å². The molecular weight excluding hydrogens is 232 g/mol. The molecule has 0 aliphatic carbocycles. The zero-order valence-electron chi connectivity index (χ0n) is 8.66. The summed E-state index contributed by atoms with van der Waals surface area (Å²) in [6.07, 6.45) is 3.02. The minimum Gasteiger partial charge on any atom is -0.245 e. The summed E-state index contributed by atoms with van der Waals surface area (Å²) < 4.78 is 0. The normalized spacial score (nSPS) is 9.29. The molecule has 0 saturated carbocycles. The number of aromatic nitrogens is 2. The van der Waals surface area contributed by atoms with Crippen molar-refractivity contribution < 1.29 is 0 Å². The highest BCUT2D eigenvalue weighted by Gasteiger charge is 2.06. The molecule has 4 nitrogen and oxygen atoms in total. The van der Waals surface area contributed by atoms with E-state index >= 15 is 0 Å². The first-order chi connectivity index (χ1) is 8.33. The molecule has 0 unspecified atom stereocenters. The molecule has 0 radical (unpaired) electrons. The number of nitriles is 2. The third-order valence-electron chi connectivity index (χ3n) is 1.95. The SMILES string of the molecule is N#Cc1cccc(Sc2nccnc2C#N)c1. The molecule has 0 spiro atoms. The van der Waals surface area contributed by atoms with Crippen LogP contribution in [-0.4, -0.2) is 9.97 Å². The number of nitrogens with zero attached hydrogens (tertiary/aromatic N) is 4. The maximum atomic E-state index is 8.88. The zero-order chi connectivity index (χ0) is 12.1. The van der Waals surface area contributed by atoms with Crippen LogP contribution in [0.1, 0.15) is 11.3 Å². The van der Waals surface area contributed by atoms with Crippen molar-refractivity contribution in [2.24, 2.45) is 0 Å². The van der Waals surface area contributed by atoms with E-state index in [4.69, 9.17) is 10.5 Å². The van der Waals surface area contributed by atoms with Gasteiger partial charge in [-0.1, -0.05) is 17.8 Å². The molecule has 0 amide bonds. The van der Waals surface area contributed by atoms with Gasteiger partial charge in [-0.15, -0.1) is 0 Å². The molecule has 1 heterocycles. The summed E-state index contributed by atoms with van der Waals surface area (Å²) in [6.45, 7) is 0. The Labute approximate surface area is 103 Å². The first-order valence-corrected chi connectivity index (χ1v) is 5.54. The van der Waals surface area contributed by atoms with Crippen molar-refractivity contribution in [3.63, 3.8) is 0 Å². The molecule has 17 heavy (non-hydrogen) atoms. The smallest absolute Gasteiger partial charge is 0.173 e. The molecule has 5 heteroatoms. The largest absolute Gasteiger partial charge is 0.245 e. The summed E-state index contributed by atoms with van der Waals surface area (Å²) in [5.41, 5.74) is 0.872. The first kappa shape index (κ1) is 11.1. The second-order valence-electron chi connectivity index (χ2n) is 3.06. The van der Waals surface area contributed by atoms with Crippen molar-refractivity contribution in [3.05, 3.63) is 47.9 Å². The molecule has 0 fully saturated rings. The molecule has 2 aromatic rings. The number of hydrogen-bond donors (Lipinski definition) is 0. The van der Waals surface area contributed by atoms with E-state index in [0.717, 1.165) is 4.90 Å². The lowest BCUT2D eigenvalue weighted by Crippen LogP contribution is -1.89. The van der Waals surface area contributed by atoms with Gasteiger partial charge in [0, 0.05) is 17.3 Å². The summed E-state index contributed by atoms with van der Waals surface area (Å²) in [7, 11) is 0. The summed E-state index contributed by atoms with van der Waals surface area (Å²) in [4.78, 5) is 8.88. The molecule has 0 aliphatic rings. The predicted octanol–water partition coefficient (Wildman–Crippen LogP) is 2.37. The second kappa shape index (κ2) is 5.11.